The van der Waals surface area contributed by atoms with E-state index in [2.05, 4.69) is 17.2 Å². The van der Waals surface area contributed by atoms with Crippen LogP contribution in [0.2, 0.25) is 0 Å². The van der Waals surface area contributed by atoms with E-state index in [9.17, 15) is 19.5 Å². The quantitative estimate of drug-likeness (QED) is 0.354. The number of phenols is 1. The zero-order chi connectivity index (χ0) is 28.5. The summed E-state index contributed by atoms with van der Waals surface area (Å²) in [6.45, 7) is 12.8. The maximum absolute atomic E-state index is 14.0. The van der Waals surface area contributed by atoms with Crippen molar-refractivity contribution in [1.82, 2.24) is 10.2 Å². The van der Waals surface area contributed by atoms with Crippen molar-refractivity contribution in [3.63, 3.8) is 0 Å². The number of carbonyl (C=O) groups excluding carboxylic acids is 3. The molecule has 2 atom stereocenters. The number of nitrogens with one attached hydrogen (secondary N) is 2. The maximum atomic E-state index is 14.0. The molecule has 0 aliphatic carbocycles. The molecule has 0 fully saturated rings. The summed E-state index contributed by atoms with van der Waals surface area (Å²) in [5.41, 5.74) is -0.0467. The molecule has 3 N–H and O–H groups in total. The molecule has 2 aromatic carbocycles. The number of hydrogen-bond acceptors (Lipinski definition) is 6. The molecule has 206 valence electrons. The molecule has 2 unspecified atom stereocenters. The third kappa shape index (κ3) is 8.83. The number of anilines is 1. The first-order chi connectivity index (χ1) is 17.9. The number of carbonyl (C=O) groups is 3. The molecule has 0 aromatic heterocycles. The average molecular weight is 526 g/mol. The highest BCUT2D eigenvalue weighted by Gasteiger charge is 2.37. The van der Waals surface area contributed by atoms with Gasteiger partial charge in [-0.3, -0.25) is 9.59 Å². The standard InChI is InChI=1S/C29H39N3O6/c1-8-17-32(27(35)23(18-19(2)3)31-28(36)38-29(4,5)6)25(22-11-9-10-12-24(22)33)26(34)30-20-13-15-21(37-7)16-14-20/h8-16,19,23,25,33H,1,17-18H2,2-7H3,(H,30,34)(H,31,36). The largest absolute Gasteiger partial charge is 0.508 e. The second-order valence-corrected chi connectivity index (χ2v) is 10.3. The minimum Gasteiger partial charge on any atom is -0.508 e. The second-order valence-electron chi connectivity index (χ2n) is 10.3. The number of aromatic hydroxyl groups is 1. The van der Waals surface area contributed by atoms with Gasteiger partial charge >= 0.3 is 6.09 Å². The van der Waals surface area contributed by atoms with Crippen LogP contribution in [0.1, 0.15) is 52.6 Å². The van der Waals surface area contributed by atoms with Gasteiger partial charge in [-0.1, -0.05) is 38.1 Å². The molecule has 3 amide bonds. The summed E-state index contributed by atoms with van der Waals surface area (Å²) < 4.78 is 10.6. The molecular weight excluding hydrogens is 486 g/mol. The van der Waals surface area contributed by atoms with Crippen LogP contribution >= 0.6 is 0 Å². The van der Waals surface area contributed by atoms with Gasteiger partial charge in [-0.05, 0) is 63.4 Å². The summed E-state index contributed by atoms with van der Waals surface area (Å²) in [5, 5.41) is 16.2. The van der Waals surface area contributed by atoms with Gasteiger partial charge in [0.15, 0.2) is 0 Å². The minimum atomic E-state index is -1.22. The van der Waals surface area contributed by atoms with Crippen LogP contribution in [0.5, 0.6) is 11.5 Å². The van der Waals surface area contributed by atoms with Crippen LogP contribution in [-0.2, 0) is 14.3 Å². The van der Waals surface area contributed by atoms with Crippen molar-refractivity contribution in [3.8, 4) is 11.5 Å². The van der Waals surface area contributed by atoms with Gasteiger partial charge in [-0.2, -0.15) is 0 Å². The van der Waals surface area contributed by atoms with E-state index in [0.29, 0.717) is 17.9 Å². The minimum absolute atomic E-state index is 0.0154. The highest BCUT2D eigenvalue weighted by atomic mass is 16.6. The van der Waals surface area contributed by atoms with Crippen molar-refractivity contribution in [2.75, 3.05) is 19.0 Å². The Morgan fingerprint density at radius 2 is 1.71 bits per heavy atom. The summed E-state index contributed by atoms with van der Waals surface area (Å²) in [4.78, 5) is 41.6. The summed E-state index contributed by atoms with van der Waals surface area (Å²) in [5.74, 6) is -0.547. The molecule has 9 heteroatoms. The Hall–Kier alpha value is -4.01. The molecule has 38 heavy (non-hydrogen) atoms. The number of hydrogen-bond donors (Lipinski definition) is 3. The second kappa shape index (κ2) is 13.5. The lowest BCUT2D eigenvalue weighted by Gasteiger charge is -2.34. The first-order valence-electron chi connectivity index (χ1n) is 12.5. The van der Waals surface area contributed by atoms with Gasteiger partial charge in [-0.15, -0.1) is 6.58 Å². The van der Waals surface area contributed by atoms with Crippen LogP contribution in [0, 0.1) is 5.92 Å². The summed E-state index contributed by atoms with van der Waals surface area (Å²) >= 11 is 0. The van der Waals surface area contributed by atoms with Crippen molar-refractivity contribution in [2.45, 2.75) is 58.7 Å². The normalized spacial score (nSPS) is 12.7. The molecule has 0 saturated carbocycles. The van der Waals surface area contributed by atoms with Gasteiger partial charge in [0, 0.05) is 17.8 Å². The molecule has 0 bridgehead atoms. The third-order valence-corrected chi connectivity index (χ3v) is 5.45. The van der Waals surface area contributed by atoms with Crippen molar-refractivity contribution >= 4 is 23.6 Å². The fourth-order valence-electron chi connectivity index (χ4n) is 3.86. The smallest absolute Gasteiger partial charge is 0.408 e. The molecule has 2 rings (SSSR count). The van der Waals surface area contributed by atoms with Crippen LogP contribution < -0.4 is 15.4 Å². The molecule has 0 heterocycles. The lowest BCUT2D eigenvalue weighted by Crippen LogP contribution is -2.52. The lowest BCUT2D eigenvalue weighted by molar-refractivity contribution is -0.140. The molecule has 9 nitrogen and oxygen atoms in total. The predicted molar refractivity (Wildman–Crippen MR) is 147 cm³/mol. The lowest BCUT2D eigenvalue weighted by atomic mass is 9.98. The van der Waals surface area contributed by atoms with E-state index in [4.69, 9.17) is 9.47 Å². The number of phenolic OH excluding ortho intramolecular Hbond substituents is 1. The Balaban J connectivity index is 2.50. The van der Waals surface area contributed by atoms with Crippen LogP contribution in [0.25, 0.3) is 0 Å². The Kier molecular flexibility index (Phi) is 10.7. The number of ether oxygens (including phenoxy) is 2. The Morgan fingerprint density at radius 3 is 2.24 bits per heavy atom. The highest BCUT2D eigenvalue weighted by Crippen LogP contribution is 2.31. The van der Waals surface area contributed by atoms with Gasteiger partial charge in [0.1, 0.15) is 29.2 Å². The summed E-state index contributed by atoms with van der Waals surface area (Å²) in [6, 6.07) is 10.9. The average Bonchev–Trinajstić information content (AvgIpc) is 2.83. The van der Waals surface area contributed by atoms with E-state index in [-0.39, 0.29) is 23.8 Å². The number of para-hydroxylation sites is 1. The van der Waals surface area contributed by atoms with E-state index >= 15 is 0 Å². The Labute approximate surface area is 224 Å². The van der Waals surface area contributed by atoms with E-state index in [1.54, 1.807) is 70.3 Å². The number of rotatable bonds is 11. The highest BCUT2D eigenvalue weighted by molar-refractivity contribution is 5.99. The Bertz CT molecular complexity index is 1110. The van der Waals surface area contributed by atoms with Crippen LogP contribution in [0.3, 0.4) is 0 Å². The first kappa shape index (κ1) is 30.2. The molecular formula is C29H39N3O6. The number of alkyl carbamates (subject to hydrolysis) is 1. The zero-order valence-electron chi connectivity index (χ0n) is 23.0. The van der Waals surface area contributed by atoms with E-state index < -0.39 is 35.6 Å². The molecule has 0 radical (unpaired) electrons. The van der Waals surface area contributed by atoms with Crippen LogP contribution in [-0.4, -0.2) is 53.2 Å². The van der Waals surface area contributed by atoms with Crippen LogP contribution in [0.15, 0.2) is 61.2 Å². The van der Waals surface area contributed by atoms with Gasteiger partial charge < -0.3 is 30.1 Å². The SMILES string of the molecule is C=CCN(C(=O)C(CC(C)C)NC(=O)OC(C)(C)C)C(C(=O)Nc1ccc(OC)cc1)c1ccccc1O. The molecule has 0 aliphatic heterocycles. The Morgan fingerprint density at radius 1 is 1.08 bits per heavy atom. The number of nitrogens with zero attached hydrogens (tertiary/aromatic N) is 1. The van der Waals surface area contributed by atoms with Crippen molar-refractivity contribution in [2.24, 2.45) is 5.92 Å². The molecule has 0 spiro atoms. The van der Waals surface area contributed by atoms with Gasteiger partial charge in [0.05, 0.1) is 7.11 Å². The van der Waals surface area contributed by atoms with E-state index in [1.165, 1.54) is 17.0 Å². The first-order valence-corrected chi connectivity index (χ1v) is 12.5. The maximum Gasteiger partial charge on any atom is 0.408 e. The summed E-state index contributed by atoms with van der Waals surface area (Å²) in [7, 11) is 1.54. The topological polar surface area (TPSA) is 117 Å². The molecule has 0 aliphatic rings. The van der Waals surface area contributed by atoms with Crippen molar-refractivity contribution < 1.29 is 29.0 Å². The van der Waals surface area contributed by atoms with E-state index in [1.807, 2.05) is 13.8 Å². The third-order valence-electron chi connectivity index (χ3n) is 5.45. The van der Waals surface area contributed by atoms with Crippen LogP contribution in [0.4, 0.5) is 10.5 Å². The van der Waals surface area contributed by atoms with E-state index in [0.717, 1.165) is 0 Å². The van der Waals surface area contributed by atoms with Gasteiger partial charge in [0.25, 0.3) is 5.91 Å². The van der Waals surface area contributed by atoms with Crippen molar-refractivity contribution in [1.29, 1.82) is 0 Å². The zero-order valence-corrected chi connectivity index (χ0v) is 23.0. The summed E-state index contributed by atoms with van der Waals surface area (Å²) in [6.07, 6.45) is 1.06. The fraction of sp³-hybridized carbons (Fsp3) is 0.414. The van der Waals surface area contributed by atoms with Gasteiger partial charge in [0.2, 0.25) is 5.91 Å². The predicted octanol–water partition coefficient (Wildman–Crippen LogP) is 5.03. The molecule has 2 aromatic rings. The fourth-order valence-corrected chi connectivity index (χ4v) is 3.86. The number of benzene rings is 2. The van der Waals surface area contributed by atoms with Crippen molar-refractivity contribution in [3.05, 3.63) is 66.7 Å². The molecule has 0 saturated heterocycles. The monoisotopic (exact) mass is 525 g/mol. The number of methoxy groups -OCH3 is 1. The van der Waals surface area contributed by atoms with Gasteiger partial charge in [-0.25, -0.2) is 4.79 Å². The number of amides is 3.